The molecule has 0 heterocycles. The molecule has 0 aliphatic carbocycles. The van der Waals surface area contributed by atoms with E-state index in [1.807, 2.05) is 26.0 Å². The topological polar surface area (TPSA) is 86.8 Å². The van der Waals surface area contributed by atoms with E-state index in [0.29, 0.717) is 34.3 Å². The molecule has 198 valence electrons. The molecular weight excluding hydrogens is 521 g/mol. The third kappa shape index (κ3) is 8.11. The first-order chi connectivity index (χ1) is 17.0. The number of anilines is 1. The number of benzene rings is 2. The van der Waals surface area contributed by atoms with Crippen LogP contribution in [0.15, 0.2) is 42.5 Å². The zero-order valence-corrected chi connectivity index (χ0v) is 23.6. The molecule has 0 aliphatic heterocycles. The summed E-state index contributed by atoms with van der Waals surface area (Å²) in [6, 6.07) is 11.6. The molecule has 0 spiro atoms. The van der Waals surface area contributed by atoms with E-state index >= 15 is 0 Å². The summed E-state index contributed by atoms with van der Waals surface area (Å²) in [7, 11) is -3.61. The number of halogens is 2. The largest absolute Gasteiger partial charge is 0.354 e. The number of rotatable bonds is 13. The maximum Gasteiger partial charge on any atom is 0.242 e. The lowest BCUT2D eigenvalue weighted by molar-refractivity contribution is -0.141. The van der Waals surface area contributed by atoms with Gasteiger partial charge in [0.15, 0.2) is 0 Å². The lowest BCUT2D eigenvalue weighted by atomic mass is 10.1. The zero-order chi connectivity index (χ0) is 26.9. The van der Waals surface area contributed by atoms with E-state index in [0.717, 1.165) is 18.2 Å². The predicted octanol–water partition coefficient (Wildman–Crippen LogP) is 5.18. The highest BCUT2D eigenvalue weighted by Crippen LogP contribution is 2.28. The van der Waals surface area contributed by atoms with Gasteiger partial charge in [-0.25, -0.2) is 8.42 Å². The number of carbonyl (C=O) groups is 2. The van der Waals surface area contributed by atoms with Crippen LogP contribution in [-0.2, 0) is 26.2 Å². The number of hydrogen-bond acceptors (Lipinski definition) is 4. The molecule has 1 N–H and O–H groups in total. The third-order valence-corrected chi connectivity index (χ3v) is 7.85. The summed E-state index contributed by atoms with van der Waals surface area (Å²) in [5.41, 5.74) is 1.87. The first kappa shape index (κ1) is 29.9. The average Bonchev–Trinajstić information content (AvgIpc) is 2.82. The van der Waals surface area contributed by atoms with Gasteiger partial charge in [0.1, 0.15) is 6.04 Å². The lowest BCUT2D eigenvalue weighted by Gasteiger charge is -2.31. The van der Waals surface area contributed by atoms with Crippen molar-refractivity contribution < 1.29 is 18.0 Å². The van der Waals surface area contributed by atoms with Crippen LogP contribution < -0.4 is 9.62 Å². The fourth-order valence-electron chi connectivity index (χ4n) is 3.94. The van der Waals surface area contributed by atoms with Gasteiger partial charge in [0.2, 0.25) is 21.8 Å². The van der Waals surface area contributed by atoms with E-state index < -0.39 is 16.1 Å². The minimum Gasteiger partial charge on any atom is -0.354 e. The maximum atomic E-state index is 13.4. The number of hydrogen-bond donors (Lipinski definition) is 1. The van der Waals surface area contributed by atoms with Crippen LogP contribution in [0.2, 0.25) is 10.0 Å². The van der Waals surface area contributed by atoms with E-state index in [1.165, 1.54) is 4.31 Å². The van der Waals surface area contributed by atoms with Gasteiger partial charge in [-0.05, 0) is 55.5 Å². The molecule has 2 aromatic rings. The standard InChI is InChI=1S/C26H35Cl2N3O4S/c1-5-16-29-26(33)23(6-2)30(18-20-11-7-8-12-22(20)28)25(32)15-10-17-31(36(4,34)35)24-14-9-13-21(27)19(24)3/h7-9,11-14,23H,5-6,10,15-18H2,1-4H3,(H,29,33). The second-order valence-corrected chi connectivity index (χ2v) is 11.4. The van der Waals surface area contributed by atoms with Crippen LogP contribution in [-0.4, -0.2) is 50.5 Å². The number of sulfonamides is 1. The summed E-state index contributed by atoms with van der Waals surface area (Å²) in [6.45, 7) is 6.38. The van der Waals surface area contributed by atoms with Crippen molar-refractivity contribution in [1.82, 2.24) is 10.2 Å². The molecule has 7 nitrogen and oxygen atoms in total. The van der Waals surface area contributed by atoms with Crippen molar-refractivity contribution in [1.29, 1.82) is 0 Å². The average molecular weight is 557 g/mol. The Bertz CT molecular complexity index is 1160. The van der Waals surface area contributed by atoms with E-state index in [4.69, 9.17) is 23.2 Å². The highest BCUT2D eigenvalue weighted by atomic mass is 35.5. The molecular formula is C26H35Cl2N3O4S. The van der Waals surface area contributed by atoms with Crippen LogP contribution in [0.1, 0.15) is 50.7 Å². The van der Waals surface area contributed by atoms with Crippen LogP contribution in [0.5, 0.6) is 0 Å². The third-order valence-electron chi connectivity index (χ3n) is 5.89. The maximum absolute atomic E-state index is 13.4. The Kier molecular flexibility index (Phi) is 11.5. The molecule has 2 aromatic carbocycles. The second-order valence-electron chi connectivity index (χ2n) is 8.65. The number of nitrogens with zero attached hydrogens (tertiary/aromatic N) is 2. The van der Waals surface area contributed by atoms with Gasteiger partial charge in [0.25, 0.3) is 0 Å². The quantitative estimate of drug-likeness (QED) is 0.368. The van der Waals surface area contributed by atoms with Gasteiger partial charge in [-0.2, -0.15) is 0 Å². The minimum absolute atomic E-state index is 0.0631. The van der Waals surface area contributed by atoms with Gasteiger partial charge >= 0.3 is 0 Å². The first-order valence-corrected chi connectivity index (χ1v) is 14.6. The second kappa shape index (κ2) is 13.9. The Balaban J connectivity index is 2.25. The van der Waals surface area contributed by atoms with Crippen LogP contribution >= 0.6 is 23.2 Å². The molecule has 0 radical (unpaired) electrons. The minimum atomic E-state index is -3.61. The molecule has 2 amide bonds. The summed E-state index contributed by atoms with van der Waals surface area (Å²) >= 11 is 12.6. The van der Waals surface area contributed by atoms with Gasteiger partial charge in [-0.3, -0.25) is 13.9 Å². The Labute approximate surface area is 224 Å². The first-order valence-electron chi connectivity index (χ1n) is 12.0. The molecule has 0 aromatic heterocycles. The highest BCUT2D eigenvalue weighted by Gasteiger charge is 2.29. The van der Waals surface area contributed by atoms with Crippen molar-refractivity contribution in [3.63, 3.8) is 0 Å². The van der Waals surface area contributed by atoms with Gasteiger partial charge in [0, 0.05) is 36.1 Å². The molecule has 1 atom stereocenters. The molecule has 0 saturated heterocycles. The number of carbonyl (C=O) groups excluding carboxylic acids is 2. The predicted molar refractivity (Wildman–Crippen MR) is 147 cm³/mol. The zero-order valence-electron chi connectivity index (χ0n) is 21.3. The Morgan fingerprint density at radius 1 is 1.03 bits per heavy atom. The summed E-state index contributed by atoms with van der Waals surface area (Å²) < 4.78 is 26.4. The lowest BCUT2D eigenvalue weighted by Crippen LogP contribution is -2.49. The van der Waals surface area contributed by atoms with E-state index in [-0.39, 0.29) is 37.7 Å². The monoisotopic (exact) mass is 555 g/mol. The van der Waals surface area contributed by atoms with Crippen molar-refractivity contribution in [3.05, 3.63) is 63.6 Å². The van der Waals surface area contributed by atoms with Crippen LogP contribution in [0.4, 0.5) is 5.69 Å². The van der Waals surface area contributed by atoms with Crippen molar-refractivity contribution in [2.24, 2.45) is 0 Å². The molecule has 0 bridgehead atoms. The Hall–Kier alpha value is -2.29. The molecule has 10 heteroatoms. The Morgan fingerprint density at radius 3 is 2.31 bits per heavy atom. The normalized spacial score (nSPS) is 12.2. The van der Waals surface area contributed by atoms with Crippen molar-refractivity contribution in [2.75, 3.05) is 23.7 Å². The van der Waals surface area contributed by atoms with Crippen molar-refractivity contribution >= 4 is 50.7 Å². The molecule has 0 aliphatic rings. The molecule has 1 unspecified atom stereocenters. The molecule has 0 fully saturated rings. The SMILES string of the molecule is CCCNC(=O)C(CC)N(Cc1ccccc1Cl)C(=O)CCCN(c1cccc(Cl)c1C)S(C)(=O)=O. The van der Waals surface area contributed by atoms with Crippen molar-refractivity contribution in [3.8, 4) is 0 Å². The number of nitrogens with one attached hydrogen (secondary N) is 1. The van der Waals surface area contributed by atoms with Gasteiger partial charge in [0.05, 0.1) is 11.9 Å². The van der Waals surface area contributed by atoms with Crippen LogP contribution in [0, 0.1) is 6.92 Å². The van der Waals surface area contributed by atoms with Crippen molar-refractivity contribution in [2.45, 2.75) is 59.0 Å². The fourth-order valence-corrected chi connectivity index (χ4v) is 5.33. The van der Waals surface area contributed by atoms with E-state index in [9.17, 15) is 18.0 Å². The van der Waals surface area contributed by atoms with Gasteiger partial charge < -0.3 is 10.2 Å². The molecule has 0 saturated carbocycles. The summed E-state index contributed by atoms with van der Waals surface area (Å²) in [5.74, 6) is -0.461. The highest BCUT2D eigenvalue weighted by molar-refractivity contribution is 7.92. The smallest absolute Gasteiger partial charge is 0.242 e. The van der Waals surface area contributed by atoms with E-state index in [1.54, 1.807) is 42.2 Å². The summed E-state index contributed by atoms with van der Waals surface area (Å²) in [5, 5.41) is 3.86. The van der Waals surface area contributed by atoms with Crippen LogP contribution in [0.25, 0.3) is 0 Å². The fraction of sp³-hybridized carbons (Fsp3) is 0.462. The molecule has 36 heavy (non-hydrogen) atoms. The number of amides is 2. The van der Waals surface area contributed by atoms with Gasteiger partial charge in [-0.15, -0.1) is 0 Å². The summed E-state index contributed by atoms with van der Waals surface area (Å²) in [6.07, 6.45) is 2.68. The van der Waals surface area contributed by atoms with Crippen LogP contribution in [0.3, 0.4) is 0 Å². The summed E-state index contributed by atoms with van der Waals surface area (Å²) in [4.78, 5) is 27.9. The molecule has 2 rings (SSSR count). The van der Waals surface area contributed by atoms with Gasteiger partial charge in [-0.1, -0.05) is 61.3 Å². The van der Waals surface area contributed by atoms with E-state index in [2.05, 4.69) is 5.32 Å². The Morgan fingerprint density at radius 2 is 1.69 bits per heavy atom.